The molecular weight excluding hydrogens is 286 g/mol. The number of benzene rings is 1. The van der Waals surface area contributed by atoms with Crippen LogP contribution in [0.4, 0.5) is 10.5 Å². The van der Waals surface area contributed by atoms with Crippen molar-refractivity contribution in [2.24, 2.45) is 0 Å². The maximum atomic E-state index is 12.4. The van der Waals surface area contributed by atoms with Crippen molar-refractivity contribution in [3.05, 3.63) is 30.3 Å². The molecule has 0 radical (unpaired) electrons. The maximum Gasteiger partial charge on any atom is 0.329 e. The van der Waals surface area contributed by atoms with Crippen LogP contribution in [0.3, 0.4) is 0 Å². The van der Waals surface area contributed by atoms with E-state index in [1.54, 1.807) is 35.2 Å². The summed E-state index contributed by atoms with van der Waals surface area (Å²) in [5.41, 5.74) is 0.506. The Morgan fingerprint density at radius 1 is 1.18 bits per heavy atom. The summed E-state index contributed by atoms with van der Waals surface area (Å²) in [6.45, 7) is 2.06. The van der Waals surface area contributed by atoms with E-state index in [2.05, 4.69) is 5.32 Å². The van der Waals surface area contributed by atoms with Gasteiger partial charge >= 0.3 is 6.03 Å². The molecule has 1 aromatic rings. The van der Waals surface area contributed by atoms with Gasteiger partial charge in [0.05, 0.1) is 25.3 Å². The van der Waals surface area contributed by atoms with Gasteiger partial charge < -0.3 is 15.0 Å². The van der Waals surface area contributed by atoms with Gasteiger partial charge in [0.1, 0.15) is 6.04 Å². The number of rotatable bonds is 3. The zero-order chi connectivity index (χ0) is 15.5. The molecule has 7 heteroatoms. The first-order valence-corrected chi connectivity index (χ1v) is 7.22. The zero-order valence-corrected chi connectivity index (χ0v) is 12.0. The SMILES string of the molecule is O=C(C[C@@H]1NC(=O)N(c2ccccc2)C1=O)N1CCOCC1. The van der Waals surface area contributed by atoms with Crippen LogP contribution in [0.15, 0.2) is 30.3 Å². The first-order chi connectivity index (χ1) is 10.7. The molecule has 4 amide bonds. The van der Waals surface area contributed by atoms with Gasteiger partial charge in [0.15, 0.2) is 0 Å². The highest BCUT2D eigenvalue weighted by Crippen LogP contribution is 2.20. The number of amides is 4. The quantitative estimate of drug-likeness (QED) is 0.818. The molecule has 0 spiro atoms. The number of anilines is 1. The molecule has 2 saturated heterocycles. The Bertz CT molecular complexity index is 584. The van der Waals surface area contributed by atoms with Gasteiger partial charge in [-0.05, 0) is 12.1 Å². The van der Waals surface area contributed by atoms with Gasteiger partial charge in [0.2, 0.25) is 5.91 Å². The Morgan fingerprint density at radius 3 is 2.55 bits per heavy atom. The minimum absolute atomic E-state index is 0.0199. The number of ether oxygens (including phenoxy) is 1. The fraction of sp³-hybridized carbons (Fsp3) is 0.400. The molecule has 1 atom stereocenters. The number of carbonyl (C=O) groups is 3. The Morgan fingerprint density at radius 2 is 1.86 bits per heavy atom. The molecule has 0 aliphatic carbocycles. The molecule has 116 valence electrons. The summed E-state index contributed by atoms with van der Waals surface area (Å²) >= 11 is 0. The molecule has 22 heavy (non-hydrogen) atoms. The Kier molecular flexibility index (Phi) is 4.06. The van der Waals surface area contributed by atoms with E-state index in [-0.39, 0.29) is 12.3 Å². The van der Waals surface area contributed by atoms with Crippen molar-refractivity contribution in [2.75, 3.05) is 31.2 Å². The predicted octanol–water partition coefficient (Wildman–Crippen LogP) is 0.360. The normalized spacial score (nSPS) is 21.9. The second-order valence-electron chi connectivity index (χ2n) is 5.21. The highest BCUT2D eigenvalue weighted by molar-refractivity contribution is 6.22. The monoisotopic (exact) mass is 303 g/mol. The van der Waals surface area contributed by atoms with Gasteiger partial charge in [-0.25, -0.2) is 9.69 Å². The predicted molar refractivity (Wildman–Crippen MR) is 78.3 cm³/mol. The van der Waals surface area contributed by atoms with Crippen LogP contribution < -0.4 is 10.2 Å². The number of hydrogen-bond acceptors (Lipinski definition) is 4. The lowest BCUT2D eigenvalue weighted by atomic mass is 10.1. The first-order valence-electron chi connectivity index (χ1n) is 7.22. The fourth-order valence-corrected chi connectivity index (χ4v) is 2.61. The van der Waals surface area contributed by atoms with Crippen LogP contribution in [0.1, 0.15) is 6.42 Å². The van der Waals surface area contributed by atoms with Crippen LogP contribution in [0, 0.1) is 0 Å². The van der Waals surface area contributed by atoms with Gasteiger partial charge in [-0.3, -0.25) is 9.59 Å². The van der Waals surface area contributed by atoms with Gasteiger partial charge in [-0.1, -0.05) is 18.2 Å². The summed E-state index contributed by atoms with van der Waals surface area (Å²) < 4.78 is 5.19. The van der Waals surface area contributed by atoms with Gasteiger partial charge in [0.25, 0.3) is 5.91 Å². The van der Waals surface area contributed by atoms with Crippen LogP contribution in [0.2, 0.25) is 0 Å². The molecule has 7 nitrogen and oxygen atoms in total. The van der Waals surface area contributed by atoms with E-state index >= 15 is 0 Å². The topological polar surface area (TPSA) is 79.0 Å². The molecule has 2 aliphatic heterocycles. The smallest absolute Gasteiger partial charge is 0.329 e. The summed E-state index contributed by atoms with van der Waals surface area (Å²) in [7, 11) is 0. The second-order valence-corrected chi connectivity index (χ2v) is 5.21. The van der Waals surface area contributed by atoms with Crippen molar-refractivity contribution in [1.29, 1.82) is 0 Å². The highest BCUT2D eigenvalue weighted by Gasteiger charge is 2.40. The van der Waals surface area contributed by atoms with Crippen LogP contribution in [-0.4, -0.2) is 55.1 Å². The van der Waals surface area contributed by atoms with Crippen molar-refractivity contribution in [3.63, 3.8) is 0 Å². The first kappa shape index (κ1) is 14.5. The molecule has 1 N–H and O–H groups in total. The number of morpholine rings is 1. The van der Waals surface area contributed by atoms with Crippen LogP contribution >= 0.6 is 0 Å². The molecule has 3 rings (SSSR count). The van der Waals surface area contributed by atoms with Crippen molar-refractivity contribution in [2.45, 2.75) is 12.5 Å². The van der Waals surface area contributed by atoms with Gasteiger partial charge in [-0.15, -0.1) is 0 Å². The van der Waals surface area contributed by atoms with E-state index in [4.69, 9.17) is 4.74 Å². The summed E-state index contributed by atoms with van der Waals surface area (Å²) in [5.74, 6) is -0.533. The third-order valence-corrected chi connectivity index (χ3v) is 3.78. The molecule has 2 heterocycles. The van der Waals surface area contributed by atoms with E-state index in [1.165, 1.54) is 0 Å². The number of nitrogens with one attached hydrogen (secondary N) is 1. The van der Waals surface area contributed by atoms with E-state index in [0.717, 1.165) is 4.90 Å². The highest BCUT2D eigenvalue weighted by atomic mass is 16.5. The number of carbonyl (C=O) groups excluding carboxylic acids is 3. The minimum atomic E-state index is -0.803. The Hall–Kier alpha value is -2.41. The van der Waals surface area contributed by atoms with E-state index in [9.17, 15) is 14.4 Å². The Balaban J connectivity index is 1.67. The number of imide groups is 1. The molecule has 0 bridgehead atoms. The molecule has 0 saturated carbocycles. The second kappa shape index (κ2) is 6.15. The van der Waals surface area contributed by atoms with Crippen molar-refractivity contribution < 1.29 is 19.1 Å². The number of para-hydroxylation sites is 1. The largest absolute Gasteiger partial charge is 0.378 e. The van der Waals surface area contributed by atoms with E-state index in [1.807, 2.05) is 0 Å². The molecule has 2 aliphatic rings. The standard InChI is InChI=1S/C15H17N3O4/c19-13(17-6-8-22-9-7-17)10-12-14(20)18(15(21)16-12)11-4-2-1-3-5-11/h1-5,12H,6-10H2,(H,16,21)/t12-/m0/s1. The summed E-state index contributed by atoms with van der Waals surface area (Å²) in [6, 6.07) is 7.39. The lowest BCUT2D eigenvalue weighted by molar-refractivity contribution is -0.137. The summed E-state index contributed by atoms with van der Waals surface area (Å²) in [6.07, 6.45) is -0.0199. The van der Waals surface area contributed by atoms with Crippen LogP contribution in [-0.2, 0) is 14.3 Å². The summed E-state index contributed by atoms with van der Waals surface area (Å²) in [4.78, 5) is 39.3. The van der Waals surface area contributed by atoms with Gasteiger partial charge in [0, 0.05) is 13.1 Å². The minimum Gasteiger partial charge on any atom is -0.378 e. The fourth-order valence-electron chi connectivity index (χ4n) is 2.61. The third kappa shape index (κ3) is 2.80. The molecule has 0 aromatic heterocycles. The van der Waals surface area contributed by atoms with Crippen LogP contribution in [0.25, 0.3) is 0 Å². The van der Waals surface area contributed by atoms with Crippen molar-refractivity contribution >= 4 is 23.5 Å². The average molecular weight is 303 g/mol. The number of hydrogen-bond donors (Lipinski definition) is 1. The lowest BCUT2D eigenvalue weighted by Crippen LogP contribution is -2.44. The summed E-state index contributed by atoms with van der Waals surface area (Å²) in [5, 5.41) is 2.58. The number of nitrogens with zero attached hydrogens (tertiary/aromatic N) is 2. The molecular formula is C15H17N3O4. The zero-order valence-electron chi connectivity index (χ0n) is 12.0. The van der Waals surface area contributed by atoms with Crippen molar-refractivity contribution in [1.82, 2.24) is 10.2 Å². The van der Waals surface area contributed by atoms with Gasteiger partial charge in [-0.2, -0.15) is 0 Å². The van der Waals surface area contributed by atoms with Crippen LogP contribution in [0.5, 0.6) is 0 Å². The molecule has 0 unspecified atom stereocenters. The van der Waals surface area contributed by atoms with E-state index in [0.29, 0.717) is 32.0 Å². The average Bonchev–Trinajstić information content (AvgIpc) is 2.83. The maximum absolute atomic E-state index is 12.4. The lowest BCUT2D eigenvalue weighted by Gasteiger charge is -2.27. The van der Waals surface area contributed by atoms with E-state index < -0.39 is 18.0 Å². The third-order valence-electron chi connectivity index (χ3n) is 3.78. The van der Waals surface area contributed by atoms with Crippen molar-refractivity contribution in [3.8, 4) is 0 Å². The molecule has 1 aromatic carbocycles. The Labute approximate surface area is 127 Å². The number of urea groups is 1. The molecule has 2 fully saturated rings.